The highest BCUT2D eigenvalue weighted by Gasteiger charge is 2.12. The molecule has 0 aliphatic heterocycles. The number of hydrogen-bond acceptors (Lipinski definition) is 3. The molecular formula is C11H13BrO3. The lowest BCUT2D eigenvalue weighted by atomic mass is 10.2. The third-order valence-corrected chi connectivity index (χ3v) is 2.30. The fraction of sp³-hybridized carbons (Fsp3) is 0.364. The Labute approximate surface area is 97.5 Å². The number of esters is 1. The van der Waals surface area contributed by atoms with Crippen LogP contribution in [0.5, 0.6) is 5.75 Å². The van der Waals surface area contributed by atoms with Gasteiger partial charge in [-0.3, -0.25) is 0 Å². The van der Waals surface area contributed by atoms with E-state index in [1.165, 1.54) is 7.11 Å². The van der Waals surface area contributed by atoms with E-state index in [-0.39, 0.29) is 5.97 Å². The van der Waals surface area contributed by atoms with E-state index in [4.69, 9.17) is 4.74 Å². The van der Waals surface area contributed by atoms with E-state index in [9.17, 15) is 4.79 Å². The van der Waals surface area contributed by atoms with E-state index in [1.807, 2.05) is 6.92 Å². The summed E-state index contributed by atoms with van der Waals surface area (Å²) in [4.78, 5) is 11.4. The van der Waals surface area contributed by atoms with E-state index in [2.05, 4.69) is 20.7 Å². The lowest BCUT2D eigenvalue weighted by molar-refractivity contribution is 0.0596. The molecule has 4 heteroatoms. The second kappa shape index (κ2) is 5.75. The number of rotatable bonds is 4. The molecule has 82 valence electrons. The molecule has 0 N–H and O–H groups in total. The number of methoxy groups -OCH3 is 1. The first-order valence-corrected chi connectivity index (χ1v) is 5.49. The van der Waals surface area contributed by atoms with Gasteiger partial charge in [0.25, 0.3) is 0 Å². The zero-order valence-corrected chi connectivity index (χ0v) is 10.3. The fourth-order valence-corrected chi connectivity index (χ4v) is 1.45. The normalized spacial score (nSPS) is 9.80. The third-order valence-electron chi connectivity index (χ3n) is 1.81. The zero-order chi connectivity index (χ0) is 11.3. The largest absolute Gasteiger partial charge is 0.493 e. The van der Waals surface area contributed by atoms with Crippen LogP contribution in [0.15, 0.2) is 22.7 Å². The summed E-state index contributed by atoms with van der Waals surface area (Å²) in [6, 6.07) is 5.23. The van der Waals surface area contributed by atoms with Crippen molar-refractivity contribution < 1.29 is 14.3 Å². The van der Waals surface area contributed by atoms with Crippen molar-refractivity contribution in [3.05, 3.63) is 28.2 Å². The van der Waals surface area contributed by atoms with Crippen molar-refractivity contribution in [2.45, 2.75) is 13.3 Å². The highest BCUT2D eigenvalue weighted by atomic mass is 79.9. The Hall–Kier alpha value is -1.03. The molecule has 3 nitrogen and oxygen atoms in total. The van der Waals surface area contributed by atoms with Gasteiger partial charge < -0.3 is 9.47 Å². The molecule has 0 radical (unpaired) electrons. The Balaban J connectivity index is 2.97. The van der Waals surface area contributed by atoms with Gasteiger partial charge in [0.15, 0.2) is 0 Å². The third kappa shape index (κ3) is 3.23. The minimum absolute atomic E-state index is 0.381. The molecule has 0 aliphatic carbocycles. The Bertz CT molecular complexity index is 350. The standard InChI is InChI=1S/C11H13BrO3/c1-3-6-15-10-7-8(12)4-5-9(10)11(13)14-2/h4-5,7H,3,6H2,1-2H3. The van der Waals surface area contributed by atoms with Gasteiger partial charge in [-0.15, -0.1) is 0 Å². The maximum atomic E-state index is 11.4. The summed E-state index contributed by atoms with van der Waals surface area (Å²) < 4.78 is 11.0. The molecule has 0 spiro atoms. The van der Waals surface area contributed by atoms with Gasteiger partial charge in [0.1, 0.15) is 11.3 Å². The van der Waals surface area contributed by atoms with Crippen molar-refractivity contribution in [3.8, 4) is 5.75 Å². The lowest BCUT2D eigenvalue weighted by Gasteiger charge is -2.09. The van der Waals surface area contributed by atoms with E-state index < -0.39 is 0 Å². The number of benzene rings is 1. The van der Waals surface area contributed by atoms with Gasteiger partial charge in [-0.1, -0.05) is 22.9 Å². The zero-order valence-electron chi connectivity index (χ0n) is 8.75. The molecule has 0 aromatic heterocycles. The van der Waals surface area contributed by atoms with Gasteiger partial charge in [-0.05, 0) is 24.6 Å². The van der Waals surface area contributed by atoms with Gasteiger partial charge in [0.2, 0.25) is 0 Å². The van der Waals surface area contributed by atoms with E-state index in [0.717, 1.165) is 10.9 Å². The topological polar surface area (TPSA) is 35.5 Å². The number of ether oxygens (including phenoxy) is 2. The van der Waals surface area contributed by atoms with Crippen LogP contribution in [0.3, 0.4) is 0 Å². The summed E-state index contributed by atoms with van der Waals surface area (Å²) >= 11 is 3.33. The minimum Gasteiger partial charge on any atom is -0.493 e. The molecule has 0 unspecified atom stereocenters. The number of carbonyl (C=O) groups excluding carboxylic acids is 1. The molecule has 15 heavy (non-hydrogen) atoms. The second-order valence-corrected chi connectivity index (χ2v) is 3.90. The predicted molar refractivity (Wildman–Crippen MR) is 61.3 cm³/mol. The van der Waals surface area contributed by atoms with Crippen molar-refractivity contribution >= 4 is 21.9 Å². The minimum atomic E-state index is -0.381. The summed E-state index contributed by atoms with van der Waals surface area (Å²) in [7, 11) is 1.36. The molecule has 0 saturated carbocycles. The molecule has 0 aliphatic rings. The van der Waals surface area contributed by atoms with Crippen LogP contribution in [-0.2, 0) is 4.74 Å². The van der Waals surface area contributed by atoms with Gasteiger partial charge in [-0.25, -0.2) is 4.79 Å². The highest BCUT2D eigenvalue weighted by Crippen LogP contribution is 2.24. The number of hydrogen-bond donors (Lipinski definition) is 0. The molecule has 1 aromatic rings. The Morgan fingerprint density at radius 1 is 1.47 bits per heavy atom. The van der Waals surface area contributed by atoms with Crippen molar-refractivity contribution in [3.63, 3.8) is 0 Å². The van der Waals surface area contributed by atoms with E-state index >= 15 is 0 Å². The predicted octanol–water partition coefficient (Wildman–Crippen LogP) is 3.02. The van der Waals surface area contributed by atoms with Crippen molar-refractivity contribution in [1.29, 1.82) is 0 Å². The van der Waals surface area contributed by atoms with Crippen LogP contribution >= 0.6 is 15.9 Å². The summed E-state index contributed by atoms with van der Waals surface area (Å²) in [5, 5.41) is 0. The van der Waals surface area contributed by atoms with Crippen LogP contribution in [-0.4, -0.2) is 19.7 Å². The van der Waals surface area contributed by atoms with Gasteiger partial charge in [-0.2, -0.15) is 0 Å². The molecule has 1 aromatic carbocycles. The highest BCUT2D eigenvalue weighted by molar-refractivity contribution is 9.10. The van der Waals surface area contributed by atoms with Crippen LogP contribution in [0, 0.1) is 0 Å². The van der Waals surface area contributed by atoms with E-state index in [0.29, 0.717) is 17.9 Å². The van der Waals surface area contributed by atoms with Crippen LogP contribution in [0.1, 0.15) is 23.7 Å². The molecule has 1 rings (SSSR count). The summed E-state index contributed by atoms with van der Waals surface area (Å²) in [6.45, 7) is 2.59. The smallest absolute Gasteiger partial charge is 0.341 e. The first kappa shape index (κ1) is 12.0. The maximum Gasteiger partial charge on any atom is 0.341 e. The molecule has 0 amide bonds. The number of carbonyl (C=O) groups is 1. The lowest BCUT2D eigenvalue weighted by Crippen LogP contribution is -2.06. The molecule has 0 fully saturated rings. The molecule has 0 atom stereocenters. The molecule has 0 heterocycles. The second-order valence-electron chi connectivity index (χ2n) is 2.98. The number of halogens is 1. The average Bonchev–Trinajstić information content (AvgIpc) is 2.25. The Morgan fingerprint density at radius 2 is 2.20 bits per heavy atom. The van der Waals surface area contributed by atoms with Crippen LogP contribution in [0.25, 0.3) is 0 Å². The van der Waals surface area contributed by atoms with Crippen LogP contribution < -0.4 is 4.74 Å². The molecule has 0 saturated heterocycles. The summed E-state index contributed by atoms with van der Waals surface area (Å²) in [5.74, 6) is 0.173. The van der Waals surface area contributed by atoms with Gasteiger partial charge in [0.05, 0.1) is 13.7 Å². The van der Waals surface area contributed by atoms with Crippen LogP contribution in [0.2, 0.25) is 0 Å². The van der Waals surface area contributed by atoms with Crippen molar-refractivity contribution in [2.75, 3.05) is 13.7 Å². The average molecular weight is 273 g/mol. The Kier molecular flexibility index (Phi) is 4.62. The first-order chi connectivity index (χ1) is 7.19. The van der Waals surface area contributed by atoms with Crippen LogP contribution in [0.4, 0.5) is 0 Å². The van der Waals surface area contributed by atoms with Crippen molar-refractivity contribution in [1.82, 2.24) is 0 Å². The Morgan fingerprint density at radius 3 is 2.80 bits per heavy atom. The summed E-state index contributed by atoms with van der Waals surface area (Å²) in [6.07, 6.45) is 0.896. The summed E-state index contributed by atoms with van der Waals surface area (Å²) in [5.41, 5.74) is 0.453. The van der Waals surface area contributed by atoms with Gasteiger partial charge in [0, 0.05) is 4.47 Å². The van der Waals surface area contributed by atoms with E-state index in [1.54, 1.807) is 18.2 Å². The first-order valence-electron chi connectivity index (χ1n) is 4.69. The molecule has 0 bridgehead atoms. The van der Waals surface area contributed by atoms with Gasteiger partial charge >= 0.3 is 5.97 Å². The quantitative estimate of drug-likeness (QED) is 0.791. The SMILES string of the molecule is CCCOc1cc(Br)ccc1C(=O)OC. The monoisotopic (exact) mass is 272 g/mol. The fourth-order valence-electron chi connectivity index (χ4n) is 1.11. The maximum absolute atomic E-state index is 11.4. The van der Waals surface area contributed by atoms with Crippen molar-refractivity contribution in [2.24, 2.45) is 0 Å². The molecular weight excluding hydrogens is 260 g/mol.